The van der Waals surface area contributed by atoms with Crippen LogP contribution in [-0.2, 0) is 4.74 Å². The molecule has 1 saturated carbocycles. The molecule has 2 aliphatic rings. The first-order chi connectivity index (χ1) is 8.40. The molecular weight excluding hydrogens is 216 g/mol. The van der Waals surface area contributed by atoms with E-state index in [1.54, 1.807) is 12.3 Å². The molecule has 5 heteroatoms. The Morgan fingerprint density at radius 3 is 3.29 bits per heavy atom. The summed E-state index contributed by atoms with van der Waals surface area (Å²) < 4.78 is 5.75. The van der Waals surface area contributed by atoms with E-state index in [0.717, 1.165) is 25.2 Å². The van der Waals surface area contributed by atoms with Crippen LogP contribution in [0, 0.1) is 11.3 Å². The third-order valence-electron chi connectivity index (χ3n) is 3.58. The zero-order chi connectivity index (χ0) is 11.7. The van der Waals surface area contributed by atoms with Gasteiger partial charge in [-0.05, 0) is 25.3 Å². The molecule has 2 heterocycles. The van der Waals surface area contributed by atoms with Crippen LogP contribution in [0.25, 0.3) is 0 Å². The first kappa shape index (κ1) is 10.5. The Kier molecular flexibility index (Phi) is 2.65. The van der Waals surface area contributed by atoms with Gasteiger partial charge in [-0.2, -0.15) is 10.4 Å². The van der Waals surface area contributed by atoms with Crippen molar-refractivity contribution < 1.29 is 4.74 Å². The summed E-state index contributed by atoms with van der Waals surface area (Å²) in [5, 5.41) is 17.1. The smallest absolute Gasteiger partial charge is 0.169 e. The predicted molar refractivity (Wildman–Crippen MR) is 61.5 cm³/mol. The molecule has 0 amide bonds. The summed E-state index contributed by atoms with van der Waals surface area (Å²) in [5.41, 5.74) is 0.604. The number of hydrogen-bond acceptors (Lipinski definition) is 5. The molecule has 88 valence electrons. The molecule has 0 N–H and O–H groups in total. The van der Waals surface area contributed by atoms with Gasteiger partial charge in [0.2, 0.25) is 0 Å². The number of rotatable bonds is 1. The Hall–Kier alpha value is -1.67. The molecular formula is C12H14N4O. The molecule has 1 aromatic heterocycles. The molecule has 1 aliphatic heterocycles. The first-order valence-corrected chi connectivity index (χ1v) is 6.00. The molecule has 17 heavy (non-hydrogen) atoms. The largest absolute Gasteiger partial charge is 0.374 e. The van der Waals surface area contributed by atoms with Crippen molar-refractivity contribution >= 4 is 5.82 Å². The molecule has 3 rings (SSSR count). The van der Waals surface area contributed by atoms with Crippen LogP contribution in [0.5, 0.6) is 0 Å². The van der Waals surface area contributed by atoms with E-state index < -0.39 is 0 Å². The summed E-state index contributed by atoms with van der Waals surface area (Å²) in [4.78, 5) is 2.20. The van der Waals surface area contributed by atoms with Crippen molar-refractivity contribution in [2.24, 2.45) is 0 Å². The van der Waals surface area contributed by atoms with Crippen molar-refractivity contribution in [3.8, 4) is 6.07 Å². The second-order valence-electron chi connectivity index (χ2n) is 4.48. The van der Waals surface area contributed by atoms with Crippen molar-refractivity contribution in [1.29, 1.82) is 5.26 Å². The van der Waals surface area contributed by atoms with E-state index >= 15 is 0 Å². The monoisotopic (exact) mass is 230 g/mol. The summed E-state index contributed by atoms with van der Waals surface area (Å²) in [7, 11) is 0. The van der Waals surface area contributed by atoms with Crippen LogP contribution in [0.4, 0.5) is 5.82 Å². The highest BCUT2D eigenvalue weighted by Gasteiger charge is 2.37. The Morgan fingerprint density at radius 1 is 1.47 bits per heavy atom. The maximum Gasteiger partial charge on any atom is 0.169 e. The lowest BCUT2D eigenvalue weighted by molar-refractivity contribution is 0.0252. The van der Waals surface area contributed by atoms with Crippen LogP contribution < -0.4 is 4.90 Å². The number of nitriles is 1. The maximum absolute atomic E-state index is 9.11. The highest BCUT2D eigenvalue weighted by Crippen LogP contribution is 2.33. The minimum absolute atomic E-state index is 0.303. The fraction of sp³-hybridized carbons (Fsp3) is 0.583. The summed E-state index contributed by atoms with van der Waals surface area (Å²) >= 11 is 0. The highest BCUT2D eigenvalue weighted by atomic mass is 16.5. The molecule has 5 nitrogen and oxygen atoms in total. The third-order valence-corrected chi connectivity index (χ3v) is 3.58. The SMILES string of the molecule is N#Cc1ccnnc1N1CCOC2CCCC21. The normalized spacial score (nSPS) is 27.6. The molecule has 1 aromatic rings. The summed E-state index contributed by atoms with van der Waals surface area (Å²) in [5.74, 6) is 0.718. The summed E-state index contributed by atoms with van der Waals surface area (Å²) in [6.07, 6.45) is 5.29. The molecule has 0 spiro atoms. The second kappa shape index (κ2) is 4.30. The summed E-state index contributed by atoms with van der Waals surface area (Å²) in [6.45, 7) is 1.51. The number of fused-ring (bicyclic) bond motifs is 1. The van der Waals surface area contributed by atoms with Gasteiger partial charge in [0.25, 0.3) is 0 Å². The van der Waals surface area contributed by atoms with E-state index in [-0.39, 0.29) is 0 Å². The summed E-state index contributed by atoms with van der Waals surface area (Å²) in [6, 6.07) is 4.28. The van der Waals surface area contributed by atoms with E-state index in [1.165, 1.54) is 6.42 Å². The Bertz CT molecular complexity index is 456. The molecule has 1 aliphatic carbocycles. The first-order valence-electron chi connectivity index (χ1n) is 6.00. The Labute approximate surface area is 100 Å². The number of morpholine rings is 1. The van der Waals surface area contributed by atoms with E-state index in [4.69, 9.17) is 10.00 Å². The van der Waals surface area contributed by atoms with Crippen molar-refractivity contribution in [1.82, 2.24) is 10.2 Å². The maximum atomic E-state index is 9.11. The van der Waals surface area contributed by atoms with Crippen molar-refractivity contribution in [3.05, 3.63) is 17.8 Å². The Balaban J connectivity index is 1.95. The van der Waals surface area contributed by atoms with Crippen molar-refractivity contribution in [2.45, 2.75) is 31.4 Å². The van der Waals surface area contributed by atoms with Gasteiger partial charge in [0.1, 0.15) is 6.07 Å². The molecule has 0 bridgehead atoms. The minimum atomic E-state index is 0.303. The highest BCUT2D eigenvalue weighted by molar-refractivity contribution is 5.53. The lowest BCUT2D eigenvalue weighted by atomic mass is 10.1. The third kappa shape index (κ3) is 1.75. The van der Waals surface area contributed by atoms with Gasteiger partial charge >= 0.3 is 0 Å². The molecule has 2 fully saturated rings. The lowest BCUT2D eigenvalue weighted by Crippen LogP contribution is -2.49. The number of hydrogen-bond donors (Lipinski definition) is 0. The van der Waals surface area contributed by atoms with Crippen LogP contribution in [-0.4, -0.2) is 35.5 Å². The van der Waals surface area contributed by atoms with Crippen LogP contribution in [0.15, 0.2) is 12.3 Å². The zero-order valence-electron chi connectivity index (χ0n) is 9.54. The fourth-order valence-electron chi connectivity index (χ4n) is 2.81. The van der Waals surface area contributed by atoms with Crippen LogP contribution >= 0.6 is 0 Å². The number of ether oxygens (including phenoxy) is 1. The quantitative estimate of drug-likeness (QED) is 0.723. The minimum Gasteiger partial charge on any atom is -0.374 e. The van der Waals surface area contributed by atoms with Crippen molar-refractivity contribution in [3.63, 3.8) is 0 Å². The topological polar surface area (TPSA) is 62.0 Å². The van der Waals surface area contributed by atoms with E-state index in [9.17, 15) is 0 Å². The average molecular weight is 230 g/mol. The van der Waals surface area contributed by atoms with Gasteiger partial charge in [0, 0.05) is 6.54 Å². The van der Waals surface area contributed by atoms with Crippen molar-refractivity contribution in [2.75, 3.05) is 18.1 Å². The zero-order valence-corrected chi connectivity index (χ0v) is 9.54. The van der Waals surface area contributed by atoms with Crippen LogP contribution in [0.3, 0.4) is 0 Å². The lowest BCUT2D eigenvalue weighted by Gasteiger charge is -2.38. The fourth-order valence-corrected chi connectivity index (χ4v) is 2.81. The van der Waals surface area contributed by atoms with Gasteiger partial charge in [-0.3, -0.25) is 0 Å². The molecule has 2 unspecified atom stereocenters. The van der Waals surface area contributed by atoms with E-state index in [0.29, 0.717) is 24.3 Å². The van der Waals surface area contributed by atoms with Gasteiger partial charge in [-0.15, -0.1) is 5.10 Å². The molecule has 0 aromatic carbocycles. The van der Waals surface area contributed by atoms with E-state index in [1.807, 2.05) is 0 Å². The average Bonchev–Trinajstić information content (AvgIpc) is 2.86. The second-order valence-corrected chi connectivity index (χ2v) is 4.48. The van der Waals surface area contributed by atoms with Gasteiger partial charge in [0.15, 0.2) is 5.82 Å². The standard InChI is InChI=1S/C12H14N4O/c13-8-9-4-5-14-15-12(9)16-6-7-17-11-3-1-2-10(11)16/h4-5,10-11H,1-3,6-7H2. The predicted octanol–water partition coefficient (Wildman–Crippen LogP) is 1.11. The molecule has 2 atom stereocenters. The molecule has 1 saturated heterocycles. The van der Waals surface area contributed by atoms with Crippen LogP contribution in [0.1, 0.15) is 24.8 Å². The number of aromatic nitrogens is 2. The van der Waals surface area contributed by atoms with Gasteiger partial charge in [-0.25, -0.2) is 0 Å². The van der Waals surface area contributed by atoms with E-state index in [2.05, 4.69) is 21.2 Å². The van der Waals surface area contributed by atoms with Crippen LogP contribution in [0.2, 0.25) is 0 Å². The number of anilines is 1. The number of nitrogens with zero attached hydrogens (tertiary/aromatic N) is 4. The molecule has 0 radical (unpaired) electrons. The van der Waals surface area contributed by atoms with Gasteiger partial charge in [0.05, 0.1) is 30.5 Å². The van der Waals surface area contributed by atoms with Gasteiger partial charge in [-0.1, -0.05) is 0 Å². The Morgan fingerprint density at radius 2 is 2.41 bits per heavy atom. The van der Waals surface area contributed by atoms with Gasteiger partial charge < -0.3 is 9.64 Å².